The van der Waals surface area contributed by atoms with Crippen LogP contribution in [0.5, 0.6) is 0 Å². The molecule has 1 fully saturated rings. The molecule has 1 aliphatic carbocycles. The molecule has 0 amide bonds. The summed E-state index contributed by atoms with van der Waals surface area (Å²) in [5.74, 6) is -3.59. The van der Waals surface area contributed by atoms with Crippen LogP contribution in [0.4, 0.5) is 17.6 Å². The quantitative estimate of drug-likeness (QED) is 0.783. The first-order valence-electron chi connectivity index (χ1n) is 6.67. The summed E-state index contributed by atoms with van der Waals surface area (Å²) in [5, 5.41) is 6.78. The van der Waals surface area contributed by atoms with E-state index in [9.17, 15) is 17.6 Å². The predicted octanol–water partition coefficient (Wildman–Crippen LogP) is 2.34. The van der Waals surface area contributed by atoms with Crippen molar-refractivity contribution >= 4 is 0 Å². The highest BCUT2D eigenvalue weighted by molar-refractivity contribution is 5.02. The van der Waals surface area contributed by atoms with Crippen LogP contribution in [-0.4, -0.2) is 42.2 Å². The number of halogens is 4. The molecule has 0 bridgehead atoms. The lowest BCUT2D eigenvalue weighted by atomic mass is 10.0. The molecule has 1 N–H and O–H groups in total. The molecule has 2 rings (SSSR count). The SMILES string of the molecule is CNC1CCCC1c1nc(COCC(F)(F)C(F)F)no1. The van der Waals surface area contributed by atoms with E-state index in [0.29, 0.717) is 5.89 Å². The molecule has 1 heterocycles. The zero-order chi connectivity index (χ0) is 15.5. The molecule has 0 aliphatic heterocycles. The zero-order valence-electron chi connectivity index (χ0n) is 11.5. The average Bonchev–Trinajstić information content (AvgIpc) is 3.05. The van der Waals surface area contributed by atoms with Crippen molar-refractivity contribution in [3.8, 4) is 0 Å². The summed E-state index contributed by atoms with van der Waals surface area (Å²) in [6.45, 7) is -1.76. The topological polar surface area (TPSA) is 60.2 Å². The van der Waals surface area contributed by atoms with E-state index in [1.165, 1.54) is 0 Å². The predicted molar refractivity (Wildman–Crippen MR) is 64.3 cm³/mol. The number of likely N-dealkylation sites (N-methyl/N-ethyl adjacent to an activating group) is 1. The Labute approximate surface area is 119 Å². The highest BCUT2D eigenvalue weighted by Gasteiger charge is 2.41. The molecule has 0 saturated heterocycles. The van der Waals surface area contributed by atoms with Gasteiger partial charge < -0.3 is 14.6 Å². The monoisotopic (exact) mass is 311 g/mol. The van der Waals surface area contributed by atoms with Crippen molar-refractivity contribution in [1.29, 1.82) is 0 Å². The first-order chi connectivity index (χ1) is 9.94. The van der Waals surface area contributed by atoms with Crippen LogP contribution in [-0.2, 0) is 11.3 Å². The zero-order valence-corrected chi connectivity index (χ0v) is 11.5. The number of hydrogen-bond donors (Lipinski definition) is 1. The lowest BCUT2D eigenvalue weighted by Crippen LogP contribution is -2.32. The number of hydrogen-bond acceptors (Lipinski definition) is 5. The number of ether oxygens (including phenoxy) is 1. The van der Waals surface area contributed by atoms with Gasteiger partial charge in [0.2, 0.25) is 5.89 Å². The van der Waals surface area contributed by atoms with Gasteiger partial charge in [-0.05, 0) is 19.9 Å². The van der Waals surface area contributed by atoms with Crippen molar-refractivity contribution < 1.29 is 26.8 Å². The van der Waals surface area contributed by atoms with E-state index in [1.54, 1.807) is 0 Å². The van der Waals surface area contributed by atoms with Crippen molar-refractivity contribution in [3.63, 3.8) is 0 Å². The second-order valence-corrected chi connectivity index (χ2v) is 5.04. The van der Waals surface area contributed by atoms with E-state index >= 15 is 0 Å². The summed E-state index contributed by atoms with van der Waals surface area (Å²) in [4.78, 5) is 4.08. The molecular formula is C12H17F4N3O2. The number of nitrogens with zero attached hydrogens (tertiary/aromatic N) is 2. The molecule has 1 aliphatic rings. The van der Waals surface area contributed by atoms with Crippen molar-refractivity contribution in [3.05, 3.63) is 11.7 Å². The second kappa shape index (κ2) is 6.69. The van der Waals surface area contributed by atoms with Crippen LogP contribution in [0.15, 0.2) is 4.52 Å². The van der Waals surface area contributed by atoms with Gasteiger partial charge in [0.1, 0.15) is 13.2 Å². The number of alkyl halides is 4. The van der Waals surface area contributed by atoms with Crippen LogP contribution in [0.2, 0.25) is 0 Å². The maximum absolute atomic E-state index is 12.6. The Hall–Kier alpha value is -1.22. The molecule has 1 aromatic heterocycles. The van der Waals surface area contributed by atoms with Gasteiger partial charge >= 0.3 is 12.3 Å². The normalized spacial score (nSPS) is 23.1. The van der Waals surface area contributed by atoms with Crippen LogP contribution in [0, 0.1) is 0 Å². The summed E-state index contributed by atoms with van der Waals surface area (Å²) in [5.41, 5.74) is 0. The van der Waals surface area contributed by atoms with Gasteiger partial charge in [-0.1, -0.05) is 11.6 Å². The van der Waals surface area contributed by atoms with Gasteiger partial charge in [-0.15, -0.1) is 0 Å². The van der Waals surface area contributed by atoms with Gasteiger partial charge in [-0.2, -0.15) is 13.8 Å². The van der Waals surface area contributed by atoms with E-state index < -0.39 is 19.0 Å². The summed E-state index contributed by atoms with van der Waals surface area (Å²) >= 11 is 0. The lowest BCUT2D eigenvalue weighted by Gasteiger charge is -2.14. The standard InChI is InChI=1S/C12H17F4N3O2/c1-17-8-4-2-3-7(8)10-18-9(19-21-10)5-20-6-12(15,16)11(13)14/h7-8,11,17H,2-6H2,1H3. The maximum atomic E-state index is 12.6. The third kappa shape index (κ3) is 3.91. The second-order valence-electron chi connectivity index (χ2n) is 5.04. The van der Waals surface area contributed by atoms with E-state index in [4.69, 9.17) is 4.52 Å². The van der Waals surface area contributed by atoms with Gasteiger partial charge in [0.15, 0.2) is 5.82 Å². The van der Waals surface area contributed by atoms with Crippen molar-refractivity contribution in [1.82, 2.24) is 15.5 Å². The Kier molecular flexibility index (Phi) is 5.15. The van der Waals surface area contributed by atoms with Crippen molar-refractivity contribution in [2.75, 3.05) is 13.7 Å². The highest BCUT2D eigenvalue weighted by Crippen LogP contribution is 2.33. The molecule has 0 spiro atoms. The van der Waals surface area contributed by atoms with Crippen LogP contribution in [0.3, 0.4) is 0 Å². The molecule has 1 aromatic rings. The summed E-state index contributed by atoms with van der Waals surface area (Å²) in [6, 6.07) is 0.238. The first-order valence-corrected chi connectivity index (χ1v) is 6.67. The molecule has 1 saturated carbocycles. The number of rotatable bonds is 7. The minimum absolute atomic E-state index is 0.0804. The maximum Gasteiger partial charge on any atom is 0.330 e. The van der Waals surface area contributed by atoms with Crippen LogP contribution in [0.1, 0.15) is 36.9 Å². The molecule has 2 unspecified atom stereocenters. The Morgan fingerprint density at radius 3 is 2.86 bits per heavy atom. The van der Waals surface area contributed by atoms with E-state index in [1.807, 2.05) is 7.05 Å². The van der Waals surface area contributed by atoms with Crippen LogP contribution in [0.25, 0.3) is 0 Å². The Morgan fingerprint density at radius 1 is 1.43 bits per heavy atom. The molecule has 9 heteroatoms. The van der Waals surface area contributed by atoms with Crippen molar-refractivity contribution in [2.45, 2.75) is 50.2 Å². The average molecular weight is 311 g/mol. The minimum Gasteiger partial charge on any atom is -0.367 e. The number of nitrogens with one attached hydrogen (secondary N) is 1. The van der Waals surface area contributed by atoms with Crippen LogP contribution < -0.4 is 5.32 Å². The molecule has 0 radical (unpaired) electrons. The fraction of sp³-hybridized carbons (Fsp3) is 0.833. The lowest BCUT2D eigenvalue weighted by molar-refractivity contribution is -0.168. The summed E-state index contributed by atoms with van der Waals surface area (Å²) in [6.07, 6.45) is -0.827. The Bertz CT molecular complexity index is 455. The summed E-state index contributed by atoms with van der Waals surface area (Å²) in [7, 11) is 1.84. The molecular weight excluding hydrogens is 294 g/mol. The fourth-order valence-corrected chi connectivity index (χ4v) is 2.42. The third-order valence-electron chi connectivity index (χ3n) is 3.53. The molecule has 0 aromatic carbocycles. The van der Waals surface area contributed by atoms with Gasteiger partial charge in [0.25, 0.3) is 0 Å². The highest BCUT2D eigenvalue weighted by atomic mass is 19.3. The van der Waals surface area contributed by atoms with E-state index in [2.05, 4.69) is 20.2 Å². The summed E-state index contributed by atoms with van der Waals surface area (Å²) < 4.78 is 58.8. The Balaban J connectivity index is 1.86. The van der Waals surface area contributed by atoms with E-state index in [-0.39, 0.29) is 24.4 Å². The molecule has 5 nitrogen and oxygen atoms in total. The fourth-order valence-electron chi connectivity index (χ4n) is 2.42. The van der Waals surface area contributed by atoms with Gasteiger partial charge in [-0.25, -0.2) is 8.78 Å². The number of aromatic nitrogens is 2. The van der Waals surface area contributed by atoms with E-state index in [0.717, 1.165) is 19.3 Å². The van der Waals surface area contributed by atoms with Gasteiger partial charge in [-0.3, -0.25) is 0 Å². The largest absolute Gasteiger partial charge is 0.367 e. The van der Waals surface area contributed by atoms with Gasteiger partial charge in [0, 0.05) is 6.04 Å². The van der Waals surface area contributed by atoms with Crippen LogP contribution >= 0.6 is 0 Å². The molecule has 2 atom stereocenters. The Morgan fingerprint density at radius 2 is 2.19 bits per heavy atom. The molecule has 21 heavy (non-hydrogen) atoms. The third-order valence-corrected chi connectivity index (χ3v) is 3.53. The minimum atomic E-state index is -4.17. The van der Waals surface area contributed by atoms with Gasteiger partial charge in [0.05, 0.1) is 5.92 Å². The smallest absolute Gasteiger partial charge is 0.330 e. The van der Waals surface area contributed by atoms with Crippen molar-refractivity contribution in [2.24, 2.45) is 0 Å². The molecule has 120 valence electrons. The first kappa shape index (κ1) is 16.2.